The van der Waals surface area contributed by atoms with E-state index < -0.39 is 11.9 Å². The topological polar surface area (TPSA) is 82.5 Å². The molecule has 0 spiro atoms. The molecule has 5 nitrogen and oxygen atoms in total. The standard InChI is InChI=1S/C5H6N4O/c1-9-3(2-6)4(10)8-5(9)7/h3H,1H3,(H2,7,8,10). The van der Waals surface area contributed by atoms with Gasteiger partial charge in [0.2, 0.25) is 12.0 Å². The van der Waals surface area contributed by atoms with Gasteiger partial charge in [0, 0.05) is 7.05 Å². The van der Waals surface area contributed by atoms with Crippen molar-refractivity contribution in [3.8, 4) is 6.07 Å². The average Bonchev–Trinajstić information content (AvgIpc) is 2.09. The molecule has 1 unspecified atom stereocenters. The highest BCUT2D eigenvalue weighted by Crippen LogP contribution is 2.04. The first-order chi connectivity index (χ1) is 4.66. The Morgan fingerprint density at radius 3 is 2.70 bits per heavy atom. The van der Waals surface area contributed by atoms with E-state index in [-0.39, 0.29) is 5.96 Å². The second kappa shape index (κ2) is 1.99. The lowest BCUT2D eigenvalue weighted by Gasteiger charge is -2.11. The van der Waals surface area contributed by atoms with Crippen molar-refractivity contribution in [1.29, 1.82) is 5.26 Å². The Labute approximate surface area is 57.7 Å². The molecule has 1 rings (SSSR count). The van der Waals surface area contributed by atoms with Gasteiger partial charge in [-0.05, 0) is 0 Å². The molecule has 1 aliphatic heterocycles. The molecule has 1 atom stereocenters. The Kier molecular flexibility index (Phi) is 1.30. The van der Waals surface area contributed by atoms with Crippen LogP contribution < -0.4 is 5.73 Å². The van der Waals surface area contributed by atoms with Crippen molar-refractivity contribution >= 4 is 11.9 Å². The highest BCUT2D eigenvalue weighted by atomic mass is 16.2. The van der Waals surface area contributed by atoms with Gasteiger partial charge in [-0.25, -0.2) is 0 Å². The molecule has 2 N–H and O–H groups in total. The summed E-state index contributed by atoms with van der Waals surface area (Å²) in [7, 11) is 1.55. The van der Waals surface area contributed by atoms with Gasteiger partial charge in [-0.15, -0.1) is 0 Å². The van der Waals surface area contributed by atoms with E-state index in [2.05, 4.69) is 4.99 Å². The number of rotatable bonds is 0. The summed E-state index contributed by atoms with van der Waals surface area (Å²) >= 11 is 0. The number of nitrogens with zero attached hydrogens (tertiary/aromatic N) is 3. The van der Waals surface area contributed by atoms with Crippen molar-refractivity contribution < 1.29 is 4.79 Å². The highest BCUT2D eigenvalue weighted by molar-refractivity contribution is 6.03. The number of amides is 1. The van der Waals surface area contributed by atoms with E-state index in [9.17, 15) is 4.79 Å². The zero-order valence-corrected chi connectivity index (χ0v) is 5.40. The van der Waals surface area contributed by atoms with Gasteiger partial charge in [0.1, 0.15) is 0 Å². The molecule has 1 amide bonds. The molecule has 0 aromatic carbocycles. The Balaban J connectivity index is 2.89. The minimum Gasteiger partial charge on any atom is -0.369 e. The molecule has 52 valence electrons. The Morgan fingerprint density at radius 2 is 2.50 bits per heavy atom. The van der Waals surface area contributed by atoms with Crippen molar-refractivity contribution in [2.24, 2.45) is 10.7 Å². The quantitative estimate of drug-likeness (QED) is 0.449. The van der Waals surface area contributed by atoms with Gasteiger partial charge in [-0.3, -0.25) is 4.79 Å². The molecule has 1 aliphatic rings. The Hall–Kier alpha value is -1.57. The maximum Gasteiger partial charge on any atom is 0.286 e. The van der Waals surface area contributed by atoms with Crippen LogP contribution in [-0.2, 0) is 4.79 Å². The van der Waals surface area contributed by atoms with E-state index in [4.69, 9.17) is 11.0 Å². The molecular formula is C5H6N4O. The molecule has 0 radical (unpaired) electrons. The van der Waals surface area contributed by atoms with Gasteiger partial charge in [0.15, 0.2) is 0 Å². The molecular weight excluding hydrogens is 132 g/mol. The molecule has 1 heterocycles. The molecule has 0 fully saturated rings. The van der Waals surface area contributed by atoms with Crippen LogP contribution in [-0.4, -0.2) is 29.9 Å². The van der Waals surface area contributed by atoms with Crippen LogP contribution in [0.25, 0.3) is 0 Å². The first-order valence-corrected chi connectivity index (χ1v) is 2.67. The predicted molar refractivity (Wildman–Crippen MR) is 33.8 cm³/mol. The van der Waals surface area contributed by atoms with E-state index in [1.807, 2.05) is 0 Å². The van der Waals surface area contributed by atoms with Crippen LogP contribution in [0.15, 0.2) is 4.99 Å². The second-order valence-electron chi connectivity index (χ2n) is 1.95. The fraction of sp³-hybridized carbons (Fsp3) is 0.400. The predicted octanol–water partition coefficient (Wildman–Crippen LogP) is -1.33. The molecule has 10 heavy (non-hydrogen) atoms. The lowest BCUT2D eigenvalue weighted by atomic mass is 10.3. The van der Waals surface area contributed by atoms with Gasteiger partial charge in [0.25, 0.3) is 5.91 Å². The van der Waals surface area contributed by atoms with Gasteiger partial charge < -0.3 is 10.6 Å². The summed E-state index contributed by atoms with van der Waals surface area (Å²) in [6.45, 7) is 0. The van der Waals surface area contributed by atoms with Crippen molar-refractivity contribution in [2.45, 2.75) is 6.04 Å². The Morgan fingerprint density at radius 1 is 1.90 bits per heavy atom. The molecule has 0 bridgehead atoms. The number of hydrogen-bond donors (Lipinski definition) is 1. The summed E-state index contributed by atoms with van der Waals surface area (Å²) in [4.78, 5) is 15.4. The lowest BCUT2D eigenvalue weighted by molar-refractivity contribution is -0.118. The zero-order valence-electron chi connectivity index (χ0n) is 5.40. The Bertz CT molecular complexity index is 239. The van der Waals surface area contributed by atoms with Gasteiger partial charge in [-0.2, -0.15) is 10.3 Å². The summed E-state index contributed by atoms with van der Waals surface area (Å²) in [5, 5.41) is 8.38. The SMILES string of the molecule is CN1C(N)=NC(=O)C1C#N. The number of nitrogens with two attached hydrogens (primary N) is 1. The van der Waals surface area contributed by atoms with Gasteiger partial charge >= 0.3 is 0 Å². The third kappa shape index (κ3) is 0.702. The summed E-state index contributed by atoms with van der Waals surface area (Å²) in [5.74, 6) is -0.376. The van der Waals surface area contributed by atoms with Crippen LogP contribution in [0, 0.1) is 11.3 Å². The number of carbonyl (C=O) groups excluding carboxylic acids is 1. The van der Waals surface area contributed by atoms with E-state index in [1.54, 1.807) is 13.1 Å². The first kappa shape index (κ1) is 6.55. The number of guanidine groups is 1. The maximum atomic E-state index is 10.7. The number of aliphatic imine (C=N–C) groups is 1. The zero-order chi connectivity index (χ0) is 7.72. The largest absolute Gasteiger partial charge is 0.369 e. The normalized spacial score (nSPS) is 24.4. The van der Waals surface area contributed by atoms with Crippen molar-refractivity contribution in [3.05, 3.63) is 0 Å². The highest BCUT2D eigenvalue weighted by Gasteiger charge is 2.30. The molecule has 0 aromatic heterocycles. The van der Waals surface area contributed by atoms with Crippen LogP contribution in [0.3, 0.4) is 0 Å². The monoisotopic (exact) mass is 138 g/mol. The van der Waals surface area contributed by atoms with E-state index in [0.717, 1.165) is 0 Å². The van der Waals surface area contributed by atoms with Crippen molar-refractivity contribution in [1.82, 2.24) is 4.90 Å². The fourth-order valence-electron chi connectivity index (χ4n) is 0.693. The van der Waals surface area contributed by atoms with Crippen molar-refractivity contribution in [2.75, 3.05) is 7.05 Å². The third-order valence-electron chi connectivity index (χ3n) is 1.33. The lowest BCUT2D eigenvalue weighted by Crippen LogP contribution is -2.37. The van der Waals surface area contributed by atoms with Crippen LogP contribution in [0.2, 0.25) is 0 Å². The fourth-order valence-corrected chi connectivity index (χ4v) is 0.693. The minimum absolute atomic E-state index is 0.108. The van der Waals surface area contributed by atoms with Crippen molar-refractivity contribution in [3.63, 3.8) is 0 Å². The summed E-state index contributed by atoms with van der Waals surface area (Å²) in [6, 6.07) is 0.956. The second-order valence-corrected chi connectivity index (χ2v) is 1.95. The number of likely N-dealkylation sites (N-methyl/N-ethyl adjacent to an activating group) is 1. The van der Waals surface area contributed by atoms with E-state index in [0.29, 0.717) is 0 Å². The number of hydrogen-bond acceptors (Lipinski definition) is 4. The molecule has 0 saturated heterocycles. The van der Waals surface area contributed by atoms with Crippen LogP contribution in [0.1, 0.15) is 0 Å². The molecule has 5 heteroatoms. The van der Waals surface area contributed by atoms with Crippen LogP contribution in [0.4, 0.5) is 0 Å². The minimum atomic E-state index is -0.819. The molecule has 0 aromatic rings. The summed E-state index contributed by atoms with van der Waals surface area (Å²) < 4.78 is 0. The average molecular weight is 138 g/mol. The van der Waals surface area contributed by atoms with E-state index >= 15 is 0 Å². The number of nitriles is 1. The first-order valence-electron chi connectivity index (χ1n) is 2.67. The van der Waals surface area contributed by atoms with Gasteiger partial charge in [0.05, 0.1) is 6.07 Å². The smallest absolute Gasteiger partial charge is 0.286 e. The molecule has 0 saturated carbocycles. The van der Waals surface area contributed by atoms with Crippen LogP contribution in [0.5, 0.6) is 0 Å². The molecule has 0 aliphatic carbocycles. The summed E-state index contributed by atoms with van der Waals surface area (Å²) in [6.07, 6.45) is 0. The third-order valence-corrected chi connectivity index (χ3v) is 1.33. The maximum absolute atomic E-state index is 10.7. The number of carbonyl (C=O) groups is 1. The van der Waals surface area contributed by atoms with Gasteiger partial charge in [-0.1, -0.05) is 0 Å². The van der Waals surface area contributed by atoms with Crippen LogP contribution >= 0.6 is 0 Å². The summed E-state index contributed by atoms with van der Waals surface area (Å²) in [5.41, 5.74) is 5.24. The van der Waals surface area contributed by atoms with E-state index in [1.165, 1.54) is 4.90 Å².